The zero-order valence-electron chi connectivity index (χ0n) is 18.4. The first-order valence-electron chi connectivity index (χ1n) is 10.7. The lowest BCUT2D eigenvalue weighted by atomic mass is 10.1. The van der Waals surface area contributed by atoms with Crippen LogP contribution in [-0.4, -0.2) is 25.0 Å². The Balaban J connectivity index is 1.59. The highest BCUT2D eigenvalue weighted by Gasteiger charge is 2.14. The van der Waals surface area contributed by atoms with Gasteiger partial charge in [-0.1, -0.05) is 18.2 Å². The van der Waals surface area contributed by atoms with Gasteiger partial charge in [-0.05, 0) is 62.2 Å². The van der Waals surface area contributed by atoms with Gasteiger partial charge in [0.1, 0.15) is 5.76 Å². The molecule has 7 nitrogen and oxygen atoms in total. The average molecular weight is 437 g/mol. The summed E-state index contributed by atoms with van der Waals surface area (Å²) in [4.78, 5) is 25.1. The van der Waals surface area contributed by atoms with Gasteiger partial charge in [0.2, 0.25) is 5.91 Å². The zero-order chi connectivity index (χ0) is 22.8. The molecule has 0 fully saturated rings. The van der Waals surface area contributed by atoms with Crippen molar-refractivity contribution in [3.63, 3.8) is 0 Å². The van der Waals surface area contributed by atoms with E-state index < -0.39 is 0 Å². The van der Waals surface area contributed by atoms with Crippen molar-refractivity contribution in [2.24, 2.45) is 0 Å². The maximum atomic E-state index is 12.6. The molecule has 7 heteroatoms. The Hall–Kier alpha value is -3.74. The molecule has 0 unspecified atom stereocenters. The Kier molecular flexibility index (Phi) is 8.31. The van der Waals surface area contributed by atoms with Crippen LogP contribution in [0.15, 0.2) is 65.3 Å². The Labute approximate surface area is 187 Å². The molecule has 2 aromatic carbocycles. The molecule has 32 heavy (non-hydrogen) atoms. The monoisotopic (exact) mass is 436 g/mol. The molecule has 0 aliphatic rings. The first kappa shape index (κ1) is 22.9. The fraction of sp³-hybridized carbons (Fsp3) is 0.280. The van der Waals surface area contributed by atoms with Gasteiger partial charge in [-0.15, -0.1) is 0 Å². The first-order chi connectivity index (χ1) is 15.6. The van der Waals surface area contributed by atoms with Crippen molar-refractivity contribution in [1.29, 1.82) is 0 Å². The number of furan rings is 1. The Morgan fingerprint density at radius 3 is 2.47 bits per heavy atom. The number of rotatable bonds is 11. The second kappa shape index (κ2) is 11.6. The van der Waals surface area contributed by atoms with E-state index in [1.54, 1.807) is 42.7 Å². The Bertz CT molecular complexity index is 1030. The lowest BCUT2D eigenvalue weighted by Gasteiger charge is -2.13. The molecule has 0 saturated carbocycles. The third-order valence-corrected chi connectivity index (χ3v) is 4.70. The molecule has 3 rings (SSSR count). The number of nitrogens with one attached hydrogen (secondary N) is 2. The summed E-state index contributed by atoms with van der Waals surface area (Å²) in [5.74, 6) is 1.55. The normalized spacial score (nSPS) is 10.4. The Morgan fingerprint density at radius 2 is 1.72 bits per heavy atom. The van der Waals surface area contributed by atoms with Crippen molar-refractivity contribution in [3.05, 3.63) is 77.7 Å². The van der Waals surface area contributed by atoms with E-state index in [1.807, 2.05) is 32.0 Å². The molecular formula is C25H28N2O5. The van der Waals surface area contributed by atoms with E-state index in [9.17, 15) is 9.59 Å². The van der Waals surface area contributed by atoms with Crippen LogP contribution in [0.4, 0.5) is 5.69 Å². The maximum absolute atomic E-state index is 12.6. The summed E-state index contributed by atoms with van der Waals surface area (Å²) in [6.07, 6.45) is 2.35. The highest BCUT2D eigenvalue weighted by molar-refractivity contribution is 6.03. The number of hydrogen-bond donors (Lipinski definition) is 2. The number of benzene rings is 2. The molecule has 0 aliphatic heterocycles. The number of carbonyl (C=O) groups is 2. The molecule has 0 saturated heterocycles. The summed E-state index contributed by atoms with van der Waals surface area (Å²) >= 11 is 0. The fourth-order valence-electron chi connectivity index (χ4n) is 3.19. The standard InChI is InChI=1S/C25H28N2O5/c1-3-30-22-13-11-18(16-23(22)31-4-2)12-14-24(28)27-21-10-6-5-9-20(21)25(29)26-17-19-8-7-15-32-19/h5-11,13,15-16H,3-4,12,14,17H2,1-2H3,(H,26,29)(H,27,28). The van der Waals surface area contributed by atoms with Crippen LogP contribution in [0.5, 0.6) is 11.5 Å². The van der Waals surface area contributed by atoms with E-state index in [-0.39, 0.29) is 24.8 Å². The van der Waals surface area contributed by atoms with Crippen LogP contribution in [0.3, 0.4) is 0 Å². The second-order valence-electron chi connectivity index (χ2n) is 7.00. The molecule has 1 aromatic heterocycles. The molecule has 2 N–H and O–H groups in total. The minimum absolute atomic E-state index is 0.178. The smallest absolute Gasteiger partial charge is 0.253 e. The highest BCUT2D eigenvalue weighted by atomic mass is 16.5. The summed E-state index contributed by atoms with van der Waals surface area (Å²) in [5.41, 5.74) is 1.83. The highest BCUT2D eigenvalue weighted by Crippen LogP contribution is 2.29. The maximum Gasteiger partial charge on any atom is 0.253 e. The van der Waals surface area contributed by atoms with Crippen molar-refractivity contribution in [2.75, 3.05) is 18.5 Å². The van der Waals surface area contributed by atoms with Crippen molar-refractivity contribution in [3.8, 4) is 11.5 Å². The molecule has 3 aromatic rings. The van der Waals surface area contributed by atoms with Crippen LogP contribution >= 0.6 is 0 Å². The third kappa shape index (κ3) is 6.38. The molecule has 0 atom stereocenters. The van der Waals surface area contributed by atoms with Crippen molar-refractivity contribution < 1.29 is 23.5 Å². The third-order valence-electron chi connectivity index (χ3n) is 4.70. The molecule has 0 aliphatic carbocycles. The quantitative estimate of drug-likeness (QED) is 0.459. The van der Waals surface area contributed by atoms with Gasteiger partial charge in [0.25, 0.3) is 5.91 Å². The van der Waals surface area contributed by atoms with Gasteiger partial charge < -0.3 is 24.5 Å². The molecule has 1 heterocycles. The number of ether oxygens (including phenoxy) is 2. The van der Waals surface area contributed by atoms with Crippen LogP contribution in [0.25, 0.3) is 0 Å². The number of para-hydroxylation sites is 1. The molecule has 0 bridgehead atoms. The Morgan fingerprint density at radius 1 is 0.938 bits per heavy atom. The van der Waals surface area contributed by atoms with Gasteiger partial charge in [-0.2, -0.15) is 0 Å². The van der Waals surface area contributed by atoms with Crippen LogP contribution in [0, 0.1) is 0 Å². The zero-order valence-corrected chi connectivity index (χ0v) is 18.4. The van der Waals surface area contributed by atoms with Gasteiger partial charge >= 0.3 is 0 Å². The minimum Gasteiger partial charge on any atom is -0.490 e. The van der Waals surface area contributed by atoms with E-state index in [1.165, 1.54) is 0 Å². The summed E-state index contributed by atoms with van der Waals surface area (Å²) in [6, 6.07) is 16.2. The minimum atomic E-state index is -0.287. The molecular weight excluding hydrogens is 408 g/mol. The van der Waals surface area contributed by atoms with Crippen molar-refractivity contribution in [1.82, 2.24) is 5.32 Å². The molecule has 0 radical (unpaired) electrons. The second-order valence-corrected chi connectivity index (χ2v) is 7.00. The fourth-order valence-corrected chi connectivity index (χ4v) is 3.19. The molecule has 2 amide bonds. The van der Waals surface area contributed by atoms with E-state index in [0.717, 1.165) is 5.56 Å². The van der Waals surface area contributed by atoms with Crippen molar-refractivity contribution in [2.45, 2.75) is 33.2 Å². The van der Waals surface area contributed by atoms with Crippen LogP contribution in [0.2, 0.25) is 0 Å². The lowest BCUT2D eigenvalue weighted by Crippen LogP contribution is -2.24. The predicted molar refractivity (Wildman–Crippen MR) is 122 cm³/mol. The van der Waals surface area contributed by atoms with Gasteiger partial charge in [-0.3, -0.25) is 9.59 Å². The summed E-state index contributed by atoms with van der Waals surface area (Å²) < 4.78 is 16.5. The number of hydrogen-bond acceptors (Lipinski definition) is 5. The van der Waals surface area contributed by atoms with Crippen molar-refractivity contribution >= 4 is 17.5 Å². The van der Waals surface area contributed by atoms with E-state index >= 15 is 0 Å². The molecule has 0 spiro atoms. The summed E-state index contributed by atoms with van der Waals surface area (Å²) in [7, 11) is 0. The number of carbonyl (C=O) groups excluding carboxylic acids is 2. The van der Waals surface area contributed by atoms with Crippen LogP contribution in [-0.2, 0) is 17.8 Å². The van der Waals surface area contributed by atoms with Gasteiger partial charge in [0.05, 0.1) is 37.3 Å². The number of amides is 2. The number of anilines is 1. The largest absolute Gasteiger partial charge is 0.490 e. The number of aryl methyl sites for hydroxylation is 1. The van der Waals surface area contributed by atoms with Crippen LogP contribution in [0.1, 0.15) is 41.9 Å². The first-order valence-corrected chi connectivity index (χ1v) is 10.7. The molecule has 168 valence electrons. The van der Waals surface area contributed by atoms with Gasteiger partial charge in [0.15, 0.2) is 11.5 Å². The topological polar surface area (TPSA) is 89.8 Å². The van der Waals surface area contributed by atoms with Gasteiger partial charge in [0, 0.05) is 6.42 Å². The van der Waals surface area contributed by atoms with E-state index in [4.69, 9.17) is 13.9 Å². The average Bonchev–Trinajstić information content (AvgIpc) is 3.32. The van der Waals surface area contributed by atoms with E-state index in [0.29, 0.717) is 48.1 Å². The van der Waals surface area contributed by atoms with Gasteiger partial charge in [-0.25, -0.2) is 0 Å². The summed E-state index contributed by atoms with van der Waals surface area (Å²) in [6.45, 7) is 5.19. The van der Waals surface area contributed by atoms with Crippen LogP contribution < -0.4 is 20.1 Å². The predicted octanol–water partition coefficient (Wildman–Crippen LogP) is 4.58. The summed E-state index contributed by atoms with van der Waals surface area (Å²) in [5, 5.41) is 5.64. The van der Waals surface area contributed by atoms with E-state index in [2.05, 4.69) is 10.6 Å². The lowest BCUT2D eigenvalue weighted by molar-refractivity contribution is -0.116. The SMILES string of the molecule is CCOc1ccc(CCC(=O)Nc2ccccc2C(=O)NCc2ccco2)cc1OCC.